The summed E-state index contributed by atoms with van der Waals surface area (Å²) in [6.45, 7) is 11.0. The van der Waals surface area contributed by atoms with Crippen molar-refractivity contribution in [2.24, 2.45) is 9.98 Å². The Morgan fingerprint density at radius 2 is 1.76 bits per heavy atom. The van der Waals surface area contributed by atoms with Crippen LogP contribution in [0.2, 0.25) is 0 Å². The van der Waals surface area contributed by atoms with Crippen LogP contribution in [0.25, 0.3) is 5.69 Å². The van der Waals surface area contributed by atoms with E-state index in [0.29, 0.717) is 17.1 Å². The van der Waals surface area contributed by atoms with Gasteiger partial charge >= 0.3 is 6.18 Å². The smallest absolute Gasteiger partial charge is 0.324 e. The fourth-order valence-corrected chi connectivity index (χ4v) is 3.82. The van der Waals surface area contributed by atoms with Crippen LogP contribution in [0.4, 0.5) is 24.5 Å². The van der Waals surface area contributed by atoms with E-state index < -0.39 is 17.6 Å². The molecule has 2 aromatic carbocycles. The first-order chi connectivity index (χ1) is 19.6. The number of guanidine groups is 1. The van der Waals surface area contributed by atoms with Gasteiger partial charge in [-0.15, -0.1) is 0 Å². The second-order valence-electron chi connectivity index (χ2n) is 8.87. The number of imidazole rings is 1. The predicted molar refractivity (Wildman–Crippen MR) is 155 cm³/mol. The Kier molecular flexibility index (Phi) is 8.57. The number of aryl methyl sites for hydroxylation is 2. The number of nitrogens with one attached hydrogen (secondary N) is 2. The van der Waals surface area contributed by atoms with Gasteiger partial charge in [0.15, 0.2) is 0 Å². The molecule has 0 aliphatic rings. The summed E-state index contributed by atoms with van der Waals surface area (Å²) in [4.78, 5) is 30.0. The Morgan fingerprint density at radius 3 is 2.39 bits per heavy atom. The van der Waals surface area contributed by atoms with Crippen LogP contribution in [0.3, 0.4) is 0 Å². The number of amides is 1. The van der Waals surface area contributed by atoms with Gasteiger partial charge in [0.05, 0.1) is 23.3 Å². The topological polar surface area (TPSA) is 96.6 Å². The van der Waals surface area contributed by atoms with Crippen LogP contribution < -0.4 is 10.6 Å². The number of nitrogens with zero attached hydrogens (tertiary/aromatic N) is 5. The second kappa shape index (κ2) is 12.2. The summed E-state index contributed by atoms with van der Waals surface area (Å²) < 4.78 is 42.4. The zero-order chi connectivity index (χ0) is 29.6. The highest BCUT2D eigenvalue weighted by atomic mass is 19.4. The third-order valence-corrected chi connectivity index (χ3v) is 5.87. The van der Waals surface area contributed by atoms with Crippen molar-refractivity contribution in [3.63, 3.8) is 0 Å². The highest BCUT2D eigenvalue weighted by Gasteiger charge is 2.31. The van der Waals surface area contributed by atoms with Crippen LogP contribution in [0.1, 0.15) is 32.7 Å². The van der Waals surface area contributed by atoms with Gasteiger partial charge in [0.1, 0.15) is 0 Å². The molecule has 0 unspecified atom stereocenters. The van der Waals surface area contributed by atoms with Crippen molar-refractivity contribution in [1.82, 2.24) is 14.5 Å². The third-order valence-electron chi connectivity index (χ3n) is 5.87. The molecule has 2 heterocycles. The summed E-state index contributed by atoms with van der Waals surface area (Å²) in [5.74, 6) is -0.417. The molecule has 8 nitrogen and oxygen atoms in total. The molecule has 2 aromatic heterocycles. The number of carbonyl (C=O) groups is 1. The number of benzene rings is 2. The molecular formula is C30H26F3N7O. The van der Waals surface area contributed by atoms with Crippen molar-refractivity contribution in [3.8, 4) is 5.69 Å². The Morgan fingerprint density at radius 1 is 1.00 bits per heavy atom. The molecule has 11 heteroatoms. The van der Waals surface area contributed by atoms with Crippen molar-refractivity contribution >= 4 is 29.0 Å². The fraction of sp³-hybridized carbons (Fsp3) is 0.100. The van der Waals surface area contributed by atoms with Gasteiger partial charge in [-0.2, -0.15) is 13.2 Å². The monoisotopic (exact) mass is 557 g/mol. The number of pyridine rings is 1. The molecule has 0 bridgehead atoms. The van der Waals surface area contributed by atoms with E-state index in [1.54, 1.807) is 61.9 Å². The Labute approximate surface area is 234 Å². The van der Waals surface area contributed by atoms with Crippen molar-refractivity contribution in [3.05, 3.63) is 127 Å². The Balaban J connectivity index is 1.63. The number of carbonyl (C=O) groups excluding carboxylic acids is 1. The molecule has 41 heavy (non-hydrogen) atoms. The molecule has 4 rings (SSSR count). The number of alkyl halides is 3. The Hall–Kier alpha value is -5.32. The lowest BCUT2D eigenvalue weighted by atomic mass is 10.1. The zero-order valence-electron chi connectivity index (χ0n) is 22.3. The maximum atomic E-state index is 13.7. The van der Waals surface area contributed by atoms with Gasteiger partial charge < -0.3 is 15.2 Å². The van der Waals surface area contributed by atoms with Gasteiger partial charge in [0, 0.05) is 53.0 Å². The van der Waals surface area contributed by atoms with E-state index in [1.165, 1.54) is 23.2 Å². The maximum absolute atomic E-state index is 13.7. The Bertz CT molecular complexity index is 1650. The lowest BCUT2D eigenvalue weighted by Crippen LogP contribution is -2.16. The first-order valence-electron chi connectivity index (χ1n) is 12.3. The molecule has 0 saturated heterocycles. The largest absolute Gasteiger partial charge is 0.416 e. The quantitative estimate of drug-likeness (QED) is 0.194. The second-order valence-corrected chi connectivity index (χ2v) is 8.87. The molecule has 1 amide bonds. The number of hydrogen-bond acceptors (Lipinski definition) is 4. The van der Waals surface area contributed by atoms with Gasteiger partial charge in [-0.25, -0.2) is 15.0 Å². The number of hydrogen-bond donors (Lipinski definition) is 2. The molecule has 0 radical (unpaired) electrons. The summed E-state index contributed by atoms with van der Waals surface area (Å²) in [5, 5.41) is 5.67. The summed E-state index contributed by atoms with van der Waals surface area (Å²) in [7, 11) is 0. The van der Waals surface area contributed by atoms with Gasteiger partial charge in [0.25, 0.3) is 5.91 Å². The summed E-state index contributed by atoms with van der Waals surface area (Å²) in [5.41, 5.74) is 2.70. The summed E-state index contributed by atoms with van der Waals surface area (Å²) in [6.07, 6.45) is 4.53. The normalized spacial score (nSPS) is 12.1. The van der Waals surface area contributed by atoms with Gasteiger partial charge in [-0.1, -0.05) is 19.2 Å². The van der Waals surface area contributed by atoms with Crippen molar-refractivity contribution in [2.45, 2.75) is 20.0 Å². The zero-order valence-corrected chi connectivity index (χ0v) is 22.3. The molecule has 0 aliphatic heterocycles. The van der Waals surface area contributed by atoms with Crippen molar-refractivity contribution in [1.29, 1.82) is 0 Å². The molecule has 0 aliphatic carbocycles. The van der Waals surface area contributed by atoms with Crippen LogP contribution >= 0.6 is 0 Å². The maximum Gasteiger partial charge on any atom is 0.416 e. The lowest BCUT2D eigenvalue weighted by Gasteiger charge is -2.15. The van der Waals surface area contributed by atoms with E-state index in [4.69, 9.17) is 0 Å². The van der Waals surface area contributed by atoms with E-state index in [0.717, 1.165) is 23.3 Å². The van der Waals surface area contributed by atoms with Crippen LogP contribution in [0.5, 0.6) is 0 Å². The van der Waals surface area contributed by atoms with Gasteiger partial charge in [-0.3, -0.25) is 9.78 Å². The average Bonchev–Trinajstić information content (AvgIpc) is 3.39. The molecule has 208 valence electrons. The van der Waals surface area contributed by atoms with Crippen LogP contribution in [0.15, 0.2) is 109 Å². The molecule has 4 aromatic rings. The minimum absolute atomic E-state index is 0.0206. The molecular weight excluding hydrogens is 531 g/mol. The van der Waals surface area contributed by atoms with E-state index >= 15 is 0 Å². The SMILES string of the molecule is C=C/N=C(\N=C(/C=C)c1ccncc1)Nc1cc(C(=O)Nc2cc(-n3cnc(C)c3)cc(C(F)(F)F)c2)ccc1C. The number of aliphatic imine (C=N–C) groups is 2. The molecule has 0 atom stereocenters. The lowest BCUT2D eigenvalue weighted by molar-refractivity contribution is -0.137. The van der Waals surface area contributed by atoms with Crippen molar-refractivity contribution < 1.29 is 18.0 Å². The molecule has 0 saturated carbocycles. The van der Waals surface area contributed by atoms with Crippen molar-refractivity contribution in [2.75, 3.05) is 10.6 Å². The van der Waals surface area contributed by atoms with Crippen LogP contribution in [0, 0.1) is 13.8 Å². The summed E-state index contributed by atoms with van der Waals surface area (Å²) in [6, 6.07) is 11.7. The standard InChI is InChI=1S/C30H26F3N7O/c1-5-26(21-9-11-34-12-10-21)38-29(35-6-2)39-27-13-22(8-7-19(27)3)28(41)37-24-14-23(30(31,32)33)15-25(16-24)40-17-20(4)36-18-40/h5-18H,1-2H2,3-4H3,(H,35,39)(H,37,41)/b38-26+. The fourth-order valence-electron chi connectivity index (χ4n) is 3.82. The summed E-state index contributed by atoms with van der Waals surface area (Å²) >= 11 is 0. The molecule has 0 fully saturated rings. The van der Waals surface area contributed by atoms with Gasteiger partial charge in [0.2, 0.25) is 5.96 Å². The first kappa shape index (κ1) is 28.7. The number of allylic oxidation sites excluding steroid dienone is 1. The van der Waals surface area contributed by atoms with E-state index in [-0.39, 0.29) is 22.9 Å². The van der Waals surface area contributed by atoms with E-state index in [1.807, 2.05) is 6.92 Å². The number of aromatic nitrogens is 3. The predicted octanol–water partition coefficient (Wildman–Crippen LogP) is 6.74. The third kappa shape index (κ3) is 7.21. The first-order valence-corrected chi connectivity index (χ1v) is 12.3. The van der Waals surface area contributed by atoms with E-state index in [9.17, 15) is 18.0 Å². The average molecular weight is 558 g/mol. The highest BCUT2D eigenvalue weighted by molar-refractivity contribution is 6.15. The minimum atomic E-state index is -4.62. The minimum Gasteiger partial charge on any atom is -0.324 e. The molecule has 2 N–H and O–H groups in total. The number of anilines is 2. The number of rotatable bonds is 7. The van der Waals surface area contributed by atoms with Crippen LogP contribution in [-0.2, 0) is 6.18 Å². The van der Waals surface area contributed by atoms with Crippen LogP contribution in [-0.4, -0.2) is 32.1 Å². The number of halogens is 3. The van der Waals surface area contributed by atoms with E-state index in [2.05, 4.69) is 43.7 Å². The molecule has 0 spiro atoms. The highest BCUT2D eigenvalue weighted by Crippen LogP contribution is 2.33. The van der Waals surface area contributed by atoms with Gasteiger partial charge in [-0.05, 0) is 68.0 Å².